The van der Waals surface area contributed by atoms with Crippen molar-refractivity contribution in [3.8, 4) is 11.5 Å². The summed E-state index contributed by atoms with van der Waals surface area (Å²) in [7, 11) is 0. The van der Waals surface area contributed by atoms with E-state index in [1.54, 1.807) is 13.0 Å². The minimum Gasteiger partial charge on any atom is -0.448 e. The Morgan fingerprint density at radius 1 is 1.00 bits per heavy atom. The molecule has 134 valence electrons. The third-order valence-electron chi connectivity index (χ3n) is 4.18. The number of carbonyl (C=O) groups is 1. The zero-order chi connectivity index (χ0) is 18.8. The molecule has 4 aromatic rings. The third-order valence-corrected chi connectivity index (χ3v) is 4.18. The summed E-state index contributed by atoms with van der Waals surface area (Å²) in [5.74, 6) is 0.0831. The molecule has 2 aromatic carbocycles. The van der Waals surface area contributed by atoms with E-state index in [0.29, 0.717) is 5.89 Å². The van der Waals surface area contributed by atoms with Gasteiger partial charge in [-0.15, -0.1) is 10.2 Å². The van der Waals surface area contributed by atoms with Crippen LogP contribution in [0.1, 0.15) is 35.0 Å². The molecular weight excluding hydrogens is 342 g/mol. The number of aryl methyl sites for hydroxylation is 1. The van der Waals surface area contributed by atoms with E-state index in [2.05, 4.69) is 15.2 Å². The molecule has 0 aliphatic carbocycles. The number of carbonyl (C=O) groups excluding carboxylic acids is 1. The van der Waals surface area contributed by atoms with Crippen LogP contribution < -0.4 is 0 Å². The van der Waals surface area contributed by atoms with Crippen LogP contribution in [0.15, 0.2) is 65.1 Å². The molecule has 0 amide bonds. The molecule has 2 aromatic heterocycles. The second-order valence-electron chi connectivity index (χ2n) is 6.25. The highest BCUT2D eigenvalue weighted by atomic mass is 16.6. The topological polar surface area (TPSA) is 78.1 Å². The van der Waals surface area contributed by atoms with Crippen LogP contribution in [-0.2, 0) is 4.74 Å². The fourth-order valence-electron chi connectivity index (χ4n) is 2.66. The summed E-state index contributed by atoms with van der Waals surface area (Å²) < 4.78 is 11.1. The zero-order valence-corrected chi connectivity index (χ0v) is 14.9. The van der Waals surface area contributed by atoms with Crippen molar-refractivity contribution in [2.24, 2.45) is 0 Å². The number of nitrogens with zero attached hydrogens (tertiary/aromatic N) is 3. The molecule has 6 heteroatoms. The van der Waals surface area contributed by atoms with Crippen LogP contribution in [0.25, 0.3) is 22.4 Å². The normalized spacial score (nSPS) is 12.1. The Morgan fingerprint density at radius 2 is 1.78 bits per heavy atom. The lowest BCUT2D eigenvalue weighted by Crippen LogP contribution is -2.11. The summed E-state index contributed by atoms with van der Waals surface area (Å²) in [5.41, 5.74) is 2.93. The van der Waals surface area contributed by atoms with E-state index in [-0.39, 0.29) is 11.6 Å². The van der Waals surface area contributed by atoms with Gasteiger partial charge in [0.1, 0.15) is 5.69 Å². The summed E-state index contributed by atoms with van der Waals surface area (Å²) >= 11 is 0. The van der Waals surface area contributed by atoms with Crippen LogP contribution in [-0.4, -0.2) is 21.2 Å². The first-order chi connectivity index (χ1) is 13.1. The molecule has 0 saturated carbocycles. The summed E-state index contributed by atoms with van der Waals surface area (Å²) in [6.07, 6.45) is -0.683. The minimum absolute atomic E-state index is 0.235. The molecular formula is C21H17N3O3. The van der Waals surface area contributed by atoms with Crippen LogP contribution in [0.4, 0.5) is 0 Å². The number of benzene rings is 2. The lowest BCUT2D eigenvalue weighted by Gasteiger charge is -2.09. The molecule has 6 nitrogen and oxygen atoms in total. The maximum Gasteiger partial charge on any atom is 0.357 e. The fourth-order valence-corrected chi connectivity index (χ4v) is 2.66. The van der Waals surface area contributed by atoms with E-state index in [9.17, 15) is 4.79 Å². The van der Waals surface area contributed by atoms with E-state index >= 15 is 0 Å². The third kappa shape index (κ3) is 3.55. The van der Waals surface area contributed by atoms with E-state index in [4.69, 9.17) is 9.15 Å². The number of pyridine rings is 1. The van der Waals surface area contributed by atoms with Crippen molar-refractivity contribution in [3.63, 3.8) is 0 Å². The van der Waals surface area contributed by atoms with Crippen molar-refractivity contribution in [2.45, 2.75) is 20.0 Å². The van der Waals surface area contributed by atoms with Gasteiger partial charge in [0.2, 0.25) is 5.89 Å². The highest BCUT2D eigenvalue weighted by Crippen LogP contribution is 2.23. The zero-order valence-electron chi connectivity index (χ0n) is 14.9. The van der Waals surface area contributed by atoms with Crippen LogP contribution in [0.2, 0.25) is 0 Å². The van der Waals surface area contributed by atoms with Gasteiger partial charge in [0.15, 0.2) is 6.10 Å². The smallest absolute Gasteiger partial charge is 0.357 e. The molecule has 1 atom stereocenters. The minimum atomic E-state index is -0.683. The number of rotatable bonds is 4. The molecule has 0 N–H and O–H groups in total. The Balaban J connectivity index is 1.50. The van der Waals surface area contributed by atoms with Crippen LogP contribution in [0.5, 0.6) is 0 Å². The first-order valence-corrected chi connectivity index (χ1v) is 8.57. The van der Waals surface area contributed by atoms with E-state index in [1.165, 1.54) is 0 Å². The van der Waals surface area contributed by atoms with Crippen molar-refractivity contribution in [1.29, 1.82) is 0 Å². The van der Waals surface area contributed by atoms with Gasteiger partial charge in [-0.3, -0.25) is 0 Å². The van der Waals surface area contributed by atoms with Gasteiger partial charge in [0.05, 0.1) is 5.52 Å². The van der Waals surface area contributed by atoms with Gasteiger partial charge in [-0.2, -0.15) is 0 Å². The molecule has 27 heavy (non-hydrogen) atoms. The van der Waals surface area contributed by atoms with Gasteiger partial charge in [-0.1, -0.05) is 42.0 Å². The molecule has 0 bridgehead atoms. The number of para-hydroxylation sites is 1. The van der Waals surface area contributed by atoms with Crippen molar-refractivity contribution in [1.82, 2.24) is 15.2 Å². The first kappa shape index (κ1) is 16.9. The molecule has 0 unspecified atom stereocenters. The summed E-state index contributed by atoms with van der Waals surface area (Å²) in [4.78, 5) is 16.8. The highest BCUT2D eigenvalue weighted by molar-refractivity contribution is 5.91. The van der Waals surface area contributed by atoms with Gasteiger partial charge in [-0.05, 0) is 38.1 Å². The van der Waals surface area contributed by atoms with Crippen molar-refractivity contribution in [2.75, 3.05) is 0 Å². The predicted molar refractivity (Wildman–Crippen MR) is 100 cm³/mol. The Kier molecular flexibility index (Phi) is 4.38. The van der Waals surface area contributed by atoms with Crippen molar-refractivity contribution in [3.05, 3.63) is 77.8 Å². The number of ether oxygens (including phenoxy) is 1. The van der Waals surface area contributed by atoms with Gasteiger partial charge in [0.25, 0.3) is 5.89 Å². The van der Waals surface area contributed by atoms with Gasteiger partial charge >= 0.3 is 5.97 Å². The number of hydrogen-bond acceptors (Lipinski definition) is 6. The largest absolute Gasteiger partial charge is 0.448 e. The van der Waals surface area contributed by atoms with Crippen LogP contribution >= 0.6 is 0 Å². The Morgan fingerprint density at radius 3 is 2.59 bits per heavy atom. The second-order valence-corrected chi connectivity index (χ2v) is 6.25. The number of fused-ring (bicyclic) bond motifs is 1. The Hall–Kier alpha value is -3.54. The van der Waals surface area contributed by atoms with Crippen molar-refractivity contribution < 1.29 is 13.9 Å². The van der Waals surface area contributed by atoms with Crippen LogP contribution in [0, 0.1) is 6.92 Å². The molecule has 0 aliphatic heterocycles. The van der Waals surface area contributed by atoms with E-state index in [0.717, 1.165) is 22.0 Å². The number of aromatic nitrogens is 3. The van der Waals surface area contributed by atoms with Gasteiger partial charge in [-0.25, -0.2) is 9.78 Å². The predicted octanol–water partition coefficient (Wildman–Crippen LogP) is 4.51. The Labute approximate surface area is 155 Å². The highest BCUT2D eigenvalue weighted by Gasteiger charge is 2.20. The van der Waals surface area contributed by atoms with Gasteiger partial charge < -0.3 is 9.15 Å². The van der Waals surface area contributed by atoms with Crippen LogP contribution in [0.3, 0.4) is 0 Å². The lowest BCUT2D eigenvalue weighted by molar-refractivity contribution is 0.0273. The molecule has 2 heterocycles. The molecule has 0 aliphatic rings. The average molecular weight is 359 g/mol. The maximum absolute atomic E-state index is 12.4. The van der Waals surface area contributed by atoms with Gasteiger partial charge in [0, 0.05) is 10.9 Å². The Bertz CT molecular complexity index is 1100. The summed E-state index contributed by atoms with van der Waals surface area (Å²) in [5, 5.41) is 8.99. The van der Waals surface area contributed by atoms with E-state index < -0.39 is 12.1 Å². The SMILES string of the molecule is Cc1ccc(-c2nnc([C@@H](C)OC(=O)c3ccc4ccccc4n3)o2)cc1. The number of esters is 1. The number of hydrogen-bond donors (Lipinski definition) is 0. The average Bonchev–Trinajstić information content (AvgIpc) is 3.18. The maximum atomic E-state index is 12.4. The monoisotopic (exact) mass is 359 g/mol. The molecule has 0 radical (unpaired) electrons. The van der Waals surface area contributed by atoms with E-state index in [1.807, 2.05) is 61.5 Å². The molecule has 0 saturated heterocycles. The summed E-state index contributed by atoms with van der Waals surface area (Å²) in [6, 6.07) is 18.8. The standard InChI is InChI=1S/C21H17N3O3/c1-13-7-9-16(10-8-13)20-24-23-19(27-20)14(2)26-21(25)18-12-11-15-5-3-4-6-17(15)22-18/h3-12,14H,1-2H3/t14-/m1/s1. The molecule has 4 rings (SSSR count). The second kappa shape index (κ2) is 6.99. The fraction of sp³-hybridized carbons (Fsp3) is 0.143. The lowest BCUT2D eigenvalue weighted by atomic mass is 10.1. The molecule has 0 spiro atoms. The van der Waals surface area contributed by atoms with Crippen molar-refractivity contribution >= 4 is 16.9 Å². The summed E-state index contributed by atoms with van der Waals surface area (Å²) in [6.45, 7) is 3.69. The quantitative estimate of drug-likeness (QED) is 0.499. The molecule has 0 fully saturated rings. The first-order valence-electron chi connectivity index (χ1n) is 8.57.